The second-order valence-electron chi connectivity index (χ2n) is 11.4. The van der Waals surface area contributed by atoms with Crippen LogP contribution in [-0.2, 0) is 5.41 Å². The summed E-state index contributed by atoms with van der Waals surface area (Å²) in [5.74, 6) is 0.936. The minimum Gasteiger partial charge on any atom is -0.496 e. The number of hydrogen-bond donors (Lipinski definition) is 0. The molecule has 0 atom stereocenters. The molecule has 6 aromatic carbocycles. The van der Waals surface area contributed by atoms with Gasteiger partial charge in [-0.2, -0.15) is 0 Å². The first-order chi connectivity index (χ1) is 20.6. The molecular weight excluding hydrogens is 508 g/mol. The minimum atomic E-state index is -0.415. The van der Waals surface area contributed by atoms with Gasteiger partial charge in [0.25, 0.3) is 0 Å². The molecule has 1 aliphatic carbocycles. The van der Waals surface area contributed by atoms with Gasteiger partial charge in [-0.15, -0.1) is 0 Å². The van der Waals surface area contributed by atoms with Crippen LogP contribution in [0, 0.1) is 20.8 Å². The molecule has 0 bridgehead atoms. The van der Waals surface area contributed by atoms with Crippen LogP contribution in [0.15, 0.2) is 133 Å². The van der Waals surface area contributed by atoms with Crippen molar-refractivity contribution in [1.29, 1.82) is 0 Å². The Balaban J connectivity index is 1.53. The Morgan fingerprint density at radius 3 is 1.64 bits per heavy atom. The van der Waals surface area contributed by atoms with E-state index in [1.807, 2.05) is 0 Å². The van der Waals surface area contributed by atoms with E-state index in [9.17, 15) is 0 Å². The maximum atomic E-state index is 5.88. The van der Waals surface area contributed by atoms with Crippen LogP contribution in [0.1, 0.15) is 38.9 Å². The molecular formula is C41H34O. The van der Waals surface area contributed by atoms with Crippen molar-refractivity contribution in [2.75, 3.05) is 7.11 Å². The molecule has 0 heterocycles. The van der Waals surface area contributed by atoms with Gasteiger partial charge in [-0.05, 0) is 93.6 Å². The molecule has 7 rings (SSSR count). The fraction of sp³-hybridized carbons (Fsp3) is 0.122. The first-order valence-electron chi connectivity index (χ1n) is 14.7. The summed E-state index contributed by atoms with van der Waals surface area (Å²) in [5.41, 5.74) is 16.0. The van der Waals surface area contributed by atoms with Crippen molar-refractivity contribution in [3.05, 3.63) is 172 Å². The Morgan fingerprint density at radius 2 is 0.976 bits per heavy atom. The fourth-order valence-corrected chi connectivity index (χ4v) is 7.24. The first-order valence-corrected chi connectivity index (χ1v) is 14.7. The summed E-state index contributed by atoms with van der Waals surface area (Å²) in [5, 5.41) is 0. The standard InChI is InChI=1S/C41H34O/c1-27-15-13-23-35(40(27)42-4)32-21-14-22-33(29(32)3)36-26-39-37(25-28(36)2)34-20-11-12-24-38(34)41(39,30-16-7-5-8-17-30)31-18-9-6-10-19-31/h5-26H,1-4H3. The molecule has 0 unspecified atom stereocenters. The lowest BCUT2D eigenvalue weighted by Gasteiger charge is -2.34. The van der Waals surface area contributed by atoms with Crippen LogP contribution in [0.4, 0.5) is 0 Å². The van der Waals surface area contributed by atoms with E-state index in [0.29, 0.717) is 0 Å². The number of rotatable bonds is 5. The van der Waals surface area contributed by atoms with Gasteiger partial charge in [-0.3, -0.25) is 0 Å². The minimum absolute atomic E-state index is 0.415. The zero-order valence-electron chi connectivity index (χ0n) is 24.6. The number of hydrogen-bond acceptors (Lipinski definition) is 1. The van der Waals surface area contributed by atoms with Crippen LogP contribution in [0.25, 0.3) is 33.4 Å². The van der Waals surface area contributed by atoms with Gasteiger partial charge in [0.05, 0.1) is 12.5 Å². The molecule has 0 saturated heterocycles. The third-order valence-electron chi connectivity index (χ3n) is 9.13. The largest absolute Gasteiger partial charge is 0.496 e. The zero-order valence-corrected chi connectivity index (χ0v) is 24.6. The number of para-hydroxylation sites is 1. The number of benzene rings is 6. The molecule has 0 saturated carbocycles. The van der Waals surface area contributed by atoms with Crippen molar-refractivity contribution in [3.8, 4) is 39.1 Å². The highest BCUT2D eigenvalue weighted by Gasteiger charge is 2.46. The lowest BCUT2D eigenvalue weighted by atomic mass is 9.67. The van der Waals surface area contributed by atoms with Crippen LogP contribution >= 0.6 is 0 Å². The van der Waals surface area contributed by atoms with Crippen molar-refractivity contribution in [2.45, 2.75) is 26.2 Å². The van der Waals surface area contributed by atoms with E-state index in [4.69, 9.17) is 4.74 Å². The van der Waals surface area contributed by atoms with E-state index in [2.05, 4.69) is 154 Å². The van der Waals surface area contributed by atoms with Crippen molar-refractivity contribution in [1.82, 2.24) is 0 Å². The average Bonchev–Trinajstić information content (AvgIpc) is 3.31. The van der Waals surface area contributed by atoms with Gasteiger partial charge >= 0.3 is 0 Å². The quantitative estimate of drug-likeness (QED) is 0.210. The highest BCUT2D eigenvalue weighted by Crippen LogP contribution is 2.57. The summed E-state index contributed by atoms with van der Waals surface area (Å²) in [6, 6.07) is 48.9. The van der Waals surface area contributed by atoms with Gasteiger partial charge in [0.1, 0.15) is 5.75 Å². The van der Waals surface area contributed by atoms with E-state index in [0.717, 1.165) is 16.9 Å². The topological polar surface area (TPSA) is 9.23 Å². The van der Waals surface area contributed by atoms with Crippen LogP contribution in [0.5, 0.6) is 5.75 Å². The lowest BCUT2D eigenvalue weighted by Crippen LogP contribution is -2.28. The van der Waals surface area contributed by atoms with Crippen molar-refractivity contribution in [3.63, 3.8) is 0 Å². The molecule has 0 fully saturated rings. The zero-order chi connectivity index (χ0) is 28.8. The maximum absolute atomic E-state index is 5.88. The fourth-order valence-electron chi connectivity index (χ4n) is 7.24. The summed E-state index contributed by atoms with van der Waals surface area (Å²) < 4.78 is 5.88. The Morgan fingerprint density at radius 1 is 0.429 bits per heavy atom. The first kappa shape index (κ1) is 26.0. The van der Waals surface area contributed by atoms with Crippen LogP contribution in [-0.4, -0.2) is 7.11 Å². The molecule has 0 spiro atoms. The molecule has 1 nitrogen and oxygen atoms in total. The molecule has 0 amide bonds. The molecule has 1 heteroatoms. The van der Waals surface area contributed by atoms with E-state index < -0.39 is 5.41 Å². The SMILES string of the molecule is COc1c(C)cccc1-c1cccc(-c2cc3c(cc2C)-c2ccccc2C3(c2ccccc2)c2ccccc2)c1C. The Hall–Kier alpha value is -4.88. The summed E-state index contributed by atoms with van der Waals surface area (Å²) in [6.45, 7) is 6.61. The van der Waals surface area contributed by atoms with Crippen LogP contribution in [0.2, 0.25) is 0 Å². The van der Waals surface area contributed by atoms with Gasteiger partial charge in [-0.1, -0.05) is 127 Å². The summed E-state index contributed by atoms with van der Waals surface area (Å²) in [7, 11) is 1.76. The summed E-state index contributed by atoms with van der Waals surface area (Å²) in [6.07, 6.45) is 0. The normalized spacial score (nSPS) is 13.0. The highest BCUT2D eigenvalue weighted by molar-refractivity contribution is 5.91. The number of fused-ring (bicyclic) bond motifs is 3. The predicted octanol–water partition coefficient (Wildman–Crippen LogP) is 10.3. The average molecular weight is 543 g/mol. The summed E-state index contributed by atoms with van der Waals surface area (Å²) in [4.78, 5) is 0. The van der Waals surface area contributed by atoms with Crippen molar-refractivity contribution in [2.24, 2.45) is 0 Å². The molecule has 1 aliphatic rings. The van der Waals surface area contributed by atoms with Crippen LogP contribution < -0.4 is 4.74 Å². The molecule has 204 valence electrons. The predicted molar refractivity (Wildman–Crippen MR) is 175 cm³/mol. The Bertz CT molecular complexity index is 1890. The molecule has 0 radical (unpaired) electrons. The van der Waals surface area contributed by atoms with E-state index in [1.165, 1.54) is 61.2 Å². The second kappa shape index (κ2) is 10.2. The molecule has 6 aromatic rings. The van der Waals surface area contributed by atoms with Gasteiger partial charge in [-0.25, -0.2) is 0 Å². The van der Waals surface area contributed by atoms with Gasteiger partial charge in [0.2, 0.25) is 0 Å². The van der Waals surface area contributed by atoms with E-state index in [1.54, 1.807) is 7.11 Å². The summed E-state index contributed by atoms with van der Waals surface area (Å²) >= 11 is 0. The van der Waals surface area contributed by atoms with E-state index >= 15 is 0 Å². The molecule has 42 heavy (non-hydrogen) atoms. The third-order valence-corrected chi connectivity index (χ3v) is 9.13. The number of ether oxygens (including phenoxy) is 1. The maximum Gasteiger partial charge on any atom is 0.129 e. The number of methoxy groups -OCH3 is 1. The highest BCUT2D eigenvalue weighted by atomic mass is 16.5. The van der Waals surface area contributed by atoms with Crippen LogP contribution in [0.3, 0.4) is 0 Å². The van der Waals surface area contributed by atoms with Gasteiger partial charge in [0.15, 0.2) is 0 Å². The van der Waals surface area contributed by atoms with Gasteiger partial charge < -0.3 is 4.74 Å². The van der Waals surface area contributed by atoms with Crippen molar-refractivity contribution >= 4 is 0 Å². The van der Waals surface area contributed by atoms with Gasteiger partial charge in [0, 0.05) is 5.56 Å². The van der Waals surface area contributed by atoms with E-state index in [-0.39, 0.29) is 0 Å². The Kier molecular flexibility index (Phi) is 6.32. The second-order valence-corrected chi connectivity index (χ2v) is 11.4. The molecule has 0 N–H and O–H groups in total. The molecule has 0 aliphatic heterocycles. The smallest absolute Gasteiger partial charge is 0.129 e. The number of aryl methyl sites for hydroxylation is 2. The molecule has 0 aromatic heterocycles. The Labute approximate surface area is 249 Å². The lowest BCUT2D eigenvalue weighted by molar-refractivity contribution is 0.413. The van der Waals surface area contributed by atoms with Crippen molar-refractivity contribution < 1.29 is 4.74 Å². The monoisotopic (exact) mass is 542 g/mol. The third kappa shape index (κ3) is 3.77.